The SMILES string of the molecule is Cc1nc2cc(NC3CCCN(C)CC3)ccc2o1. The van der Waals surface area contributed by atoms with Crippen LogP contribution in [0.2, 0.25) is 0 Å². The maximum Gasteiger partial charge on any atom is 0.192 e. The highest BCUT2D eigenvalue weighted by molar-refractivity contribution is 5.77. The quantitative estimate of drug-likeness (QED) is 0.900. The summed E-state index contributed by atoms with van der Waals surface area (Å²) < 4.78 is 5.50. The summed E-state index contributed by atoms with van der Waals surface area (Å²) in [5, 5.41) is 3.63. The number of hydrogen-bond acceptors (Lipinski definition) is 4. The average Bonchev–Trinajstić information content (AvgIpc) is 2.62. The van der Waals surface area contributed by atoms with Gasteiger partial charge in [0.05, 0.1) is 0 Å². The van der Waals surface area contributed by atoms with Crippen molar-refractivity contribution >= 4 is 16.8 Å². The Morgan fingerprint density at radius 1 is 1.32 bits per heavy atom. The molecular weight excluding hydrogens is 238 g/mol. The van der Waals surface area contributed by atoms with Gasteiger partial charge in [0.25, 0.3) is 0 Å². The molecule has 1 aliphatic heterocycles. The molecule has 0 bridgehead atoms. The molecule has 1 fully saturated rings. The Hall–Kier alpha value is -1.55. The number of benzene rings is 1. The van der Waals surface area contributed by atoms with E-state index in [1.807, 2.05) is 13.0 Å². The minimum Gasteiger partial charge on any atom is -0.441 e. The van der Waals surface area contributed by atoms with Gasteiger partial charge in [0.15, 0.2) is 11.5 Å². The van der Waals surface area contributed by atoms with Gasteiger partial charge in [0, 0.05) is 18.7 Å². The molecule has 1 aromatic carbocycles. The van der Waals surface area contributed by atoms with E-state index < -0.39 is 0 Å². The molecule has 0 amide bonds. The number of aryl methyl sites for hydroxylation is 1. The summed E-state index contributed by atoms with van der Waals surface area (Å²) >= 11 is 0. The van der Waals surface area contributed by atoms with Crippen LogP contribution in [0.1, 0.15) is 25.2 Å². The Morgan fingerprint density at radius 3 is 3.11 bits per heavy atom. The van der Waals surface area contributed by atoms with E-state index in [2.05, 4.69) is 34.4 Å². The lowest BCUT2D eigenvalue weighted by molar-refractivity contribution is 0.348. The highest BCUT2D eigenvalue weighted by atomic mass is 16.3. The van der Waals surface area contributed by atoms with Crippen molar-refractivity contribution < 1.29 is 4.42 Å². The normalized spacial score (nSPS) is 21.5. The van der Waals surface area contributed by atoms with Crippen LogP contribution in [0, 0.1) is 6.92 Å². The van der Waals surface area contributed by atoms with E-state index in [4.69, 9.17) is 4.42 Å². The van der Waals surface area contributed by atoms with Crippen LogP contribution in [-0.4, -0.2) is 36.1 Å². The number of fused-ring (bicyclic) bond motifs is 1. The zero-order valence-corrected chi connectivity index (χ0v) is 11.6. The number of hydrogen-bond donors (Lipinski definition) is 1. The molecule has 1 N–H and O–H groups in total. The van der Waals surface area contributed by atoms with Gasteiger partial charge in [-0.2, -0.15) is 0 Å². The van der Waals surface area contributed by atoms with Gasteiger partial charge in [0.2, 0.25) is 0 Å². The molecule has 1 unspecified atom stereocenters. The summed E-state index contributed by atoms with van der Waals surface area (Å²) in [5.74, 6) is 0.725. The average molecular weight is 259 g/mol. The number of aromatic nitrogens is 1. The molecular formula is C15H21N3O. The molecule has 1 aliphatic rings. The van der Waals surface area contributed by atoms with Crippen molar-refractivity contribution in [1.29, 1.82) is 0 Å². The van der Waals surface area contributed by atoms with Crippen molar-refractivity contribution in [2.45, 2.75) is 32.2 Å². The highest BCUT2D eigenvalue weighted by Crippen LogP contribution is 2.22. The van der Waals surface area contributed by atoms with Crippen molar-refractivity contribution in [3.05, 3.63) is 24.1 Å². The highest BCUT2D eigenvalue weighted by Gasteiger charge is 2.14. The molecule has 4 heteroatoms. The van der Waals surface area contributed by atoms with Crippen LogP contribution in [0.15, 0.2) is 22.6 Å². The lowest BCUT2D eigenvalue weighted by Gasteiger charge is -2.17. The van der Waals surface area contributed by atoms with E-state index in [1.165, 1.54) is 32.4 Å². The summed E-state index contributed by atoms with van der Waals surface area (Å²) in [5.41, 5.74) is 2.95. The number of rotatable bonds is 2. The molecule has 1 atom stereocenters. The zero-order valence-electron chi connectivity index (χ0n) is 11.6. The smallest absolute Gasteiger partial charge is 0.192 e. The van der Waals surface area contributed by atoms with E-state index in [0.29, 0.717) is 6.04 Å². The van der Waals surface area contributed by atoms with Crippen molar-refractivity contribution in [3.8, 4) is 0 Å². The predicted octanol–water partition coefficient (Wildman–Crippen LogP) is 3.03. The fourth-order valence-corrected chi connectivity index (χ4v) is 2.75. The number of oxazole rings is 1. The Morgan fingerprint density at radius 2 is 2.21 bits per heavy atom. The van der Waals surface area contributed by atoms with Crippen molar-refractivity contribution in [2.24, 2.45) is 0 Å². The number of nitrogens with one attached hydrogen (secondary N) is 1. The first-order valence-corrected chi connectivity index (χ1v) is 7.03. The largest absolute Gasteiger partial charge is 0.441 e. The Balaban J connectivity index is 1.73. The fourth-order valence-electron chi connectivity index (χ4n) is 2.75. The van der Waals surface area contributed by atoms with Crippen LogP contribution in [0.3, 0.4) is 0 Å². The summed E-state index contributed by atoms with van der Waals surface area (Å²) in [6, 6.07) is 6.73. The van der Waals surface area contributed by atoms with Crippen molar-refractivity contribution in [3.63, 3.8) is 0 Å². The Labute approximate surface area is 113 Å². The van der Waals surface area contributed by atoms with Gasteiger partial charge >= 0.3 is 0 Å². The maximum atomic E-state index is 5.50. The van der Waals surface area contributed by atoms with E-state index in [9.17, 15) is 0 Å². The molecule has 2 aromatic rings. The van der Waals surface area contributed by atoms with E-state index in [1.54, 1.807) is 0 Å². The third-order valence-corrected chi connectivity index (χ3v) is 3.82. The van der Waals surface area contributed by atoms with Gasteiger partial charge in [-0.15, -0.1) is 0 Å². The van der Waals surface area contributed by atoms with Gasteiger partial charge < -0.3 is 14.6 Å². The van der Waals surface area contributed by atoms with Crippen LogP contribution in [0.4, 0.5) is 5.69 Å². The van der Waals surface area contributed by atoms with Gasteiger partial charge in [-0.3, -0.25) is 0 Å². The summed E-state index contributed by atoms with van der Waals surface area (Å²) in [7, 11) is 2.20. The zero-order chi connectivity index (χ0) is 13.2. The van der Waals surface area contributed by atoms with Crippen molar-refractivity contribution in [1.82, 2.24) is 9.88 Å². The second-order valence-corrected chi connectivity index (χ2v) is 5.49. The Kier molecular flexibility index (Phi) is 3.42. The Bertz CT molecular complexity index is 564. The molecule has 3 rings (SSSR count). The molecule has 2 heterocycles. The molecule has 4 nitrogen and oxygen atoms in total. The topological polar surface area (TPSA) is 41.3 Å². The number of likely N-dealkylation sites (tertiary alicyclic amines) is 1. The second kappa shape index (κ2) is 5.21. The first kappa shape index (κ1) is 12.5. The second-order valence-electron chi connectivity index (χ2n) is 5.49. The molecule has 0 aliphatic carbocycles. The third-order valence-electron chi connectivity index (χ3n) is 3.82. The molecule has 102 valence electrons. The molecule has 1 aromatic heterocycles. The molecule has 0 saturated carbocycles. The van der Waals surface area contributed by atoms with Crippen LogP contribution in [0.5, 0.6) is 0 Å². The third kappa shape index (κ3) is 2.89. The fraction of sp³-hybridized carbons (Fsp3) is 0.533. The molecule has 19 heavy (non-hydrogen) atoms. The standard InChI is InChI=1S/C15H21N3O/c1-11-16-14-10-13(5-6-15(14)19-11)17-12-4-3-8-18(2)9-7-12/h5-6,10,12,17H,3-4,7-9H2,1-2H3. The number of nitrogens with zero attached hydrogens (tertiary/aromatic N) is 2. The van der Waals surface area contributed by atoms with E-state index >= 15 is 0 Å². The molecule has 0 spiro atoms. The summed E-state index contributed by atoms with van der Waals surface area (Å²) in [6.07, 6.45) is 3.70. The first-order valence-electron chi connectivity index (χ1n) is 7.03. The van der Waals surface area contributed by atoms with Gasteiger partial charge in [-0.05, 0) is 57.6 Å². The van der Waals surface area contributed by atoms with Crippen LogP contribution < -0.4 is 5.32 Å². The van der Waals surface area contributed by atoms with Gasteiger partial charge in [0.1, 0.15) is 5.52 Å². The number of anilines is 1. The summed E-state index contributed by atoms with van der Waals surface area (Å²) in [4.78, 5) is 6.79. The lowest BCUT2D eigenvalue weighted by Crippen LogP contribution is -2.22. The van der Waals surface area contributed by atoms with Gasteiger partial charge in [-0.1, -0.05) is 0 Å². The molecule has 0 radical (unpaired) electrons. The van der Waals surface area contributed by atoms with Gasteiger partial charge in [-0.25, -0.2) is 4.98 Å². The minimum absolute atomic E-state index is 0.565. The van der Waals surface area contributed by atoms with Crippen LogP contribution in [0.25, 0.3) is 11.1 Å². The van der Waals surface area contributed by atoms with E-state index in [-0.39, 0.29) is 0 Å². The summed E-state index contributed by atoms with van der Waals surface area (Å²) in [6.45, 7) is 4.26. The van der Waals surface area contributed by atoms with Crippen molar-refractivity contribution in [2.75, 3.05) is 25.5 Å². The first-order chi connectivity index (χ1) is 9.20. The molecule has 1 saturated heterocycles. The minimum atomic E-state index is 0.565. The lowest BCUT2D eigenvalue weighted by atomic mass is 10.1. The monoisotopic (exact) mass is 259 g/mol. The van der Waals surface area contributed by atoms with Crippen LogP contribution in [-0.2, 0) is 0 Å². The maximum absolute atomic E-state index is 5.50. The van der Waals surface area contributed by atoms with Crippen LogP contribution >= 0.6 is 0 Å². The van der Waals surface area contributed by atoms with E-state index in [0.717, 1.165) is 22.7 Å². The predicted molar refractivity (Wildman–Crippen MR) is 77.5 cm³/mol.